The Bertz CT molecular complexity index is 783. The molecule has 0 atom stereocenters. The van der Waals surface area contributed by atoms with E-state index in [0.29, 0.717) is 5.92 Å². The zero-order valence-electron chi connectivity index (χ0n) is 18.0. The second-order valence-corrected chi connectivity index (χ2v) is 8.85. The molecule has 1 N–H and O–H groups in total. The van der Waals surface area contributed by atoms with Crippen LogP contribution in [-0.2, 0) is 13.1 Å². The van der Waals surface area contributed by atoms with Crippen molar-refractivity contribution in [2.75, 3.05) is 33.7 Å². The Morgan fingerprint density at radius 1 is 1.28 bits per heavy atom. The van der Waals surface area contributed by atoms with Crippen molar-refractivity contribution in [3.05, 3.63) is 51.5 Å². The number of hydrogen-bond acceptors (Lipinski definition) is 4. The third kappa shape index (κ3) is 7.22. The number of benzene rings is 1. The first-order valence-corrected chi connectivity index (χ1v) is 11.0. The lowest BCUT2D eigenvalue weighted by Gasteiger charge is -2.32. The number of thiazole rings is 1. The van der Waals surface area contributed by atoms with Crippen LogP contribution in [-0.4, -0.2) is 54.5 Å². The molecule has 1 fully saturated rings. The van der Waals surface area contributed by atoms with Gasteiger partial charge < -0.3 is 10.2 Å². The van der Waals surface area contributed by atoms with Crippen LogP contribution in [0.2, 0.25) is 0 Å². The van der Waals surface area contributed by atoms with Gasteiger partial charge in [0.25, 0.3) is 0 Å². The SMILES string of the molecule is CN=C(NCC1CCN(Cc2csc(C)n2)CC1)N(C)Cc1ccccc1C.I. The molecule has 2 aromatic rings. The summed E-state index contributed by atoms with van der Waals surface area (Å²) in [5.74, 6) is 1.68. The van der Waals surface area contributed by atoms with E-state index in [4.69, 9.17) is 0 Å². The summed E-state index contributed by atoms with van der Waals surface area (Å²) in [6, 6.07) is 8.56. The van der Waals surface area contributed by atoms with Crippen LogP contribution >= 0.6 is 35.3 Å². The topological polar surface area (TPSA) is 43.8 Å². The van der Waals surface area contributed by atoms with Gasteiger partial charge in [-0.3, -0.25) is 9.89 Å². The molecule has 0 saturated carbocycles. The summed E-state index contributed by atoms with van der Waals surface area (Å²) in [6.45, 7) is 9.41. The Hall–Kier alpha value is -1.19. The van der Waals surface area contributed by atoms with Crippen LogP contribution in [0, 0.1) is 19.8 Å². The predicted molar refractivity (Wildman–Crippen MR) is 134 cm³/mol. The maximum atomic E-state index is 4.60. The van der Waals surface area contributed by atoms with E-state index in [1.54, 1.807) is 11.3 Å². The van der Waals surface area contributed by atoms with Crippen molar-refractivity contribution in [2.45, 2.75) is 39.8 Å². The lowest BCUT2D eigenvalue weighted by Crippen LogP contribution is -2.43. The van der Waals surface area contributed by atoms with E-state index >= 15 is 0 Å². The lowest BCUT2D eigenvalue weighted by molar-refractivity contribution is 0.176. The van der Waals surface area contributed by atoms with E-state index < -0.39 is 0 Å². The van der Waals surface area contributed by atoms with Crippen LogP contribution < -0.4 is 5.32 Å². The highest BCUT2D eigenvalue weighted by Gasteiger charge is 2.20. The minimum atomic E-state index is 0. The van der Waals surface area contributed by atoms with Gasteiger partial charge in [0.05, 0.1) is 10.7 Å². The highest BCUT2D eigenvalue weighted by Crippen LogP contribution is 2.19. The molecule has 1 aliphatic heterocycles. The summed E-state index contributed by atoms with van der Waals surface area (Å²) >= 11 is 1.75. The molecule has 1 aromatic heterocycles. The van der Waals surface area contributed by atoms with E-state index in [9.17, 15) is 0 Å². The molecule has 7 heteroatoms. The summed E-state index contributed by atoms with van der Waals surface area (Å²) in [7, 11) is 3.98. The van der Waals surface area contributed by atoms with Crippen molar-refractivity contribution in [1.29, 1.82) is 0 Å². The van der Waals surface area contributed by atoms with Gasteiger partial charge in [0.1, 0.15) is 0 Å². The summed E-state index contributed by atoms with van der Waals surface area (Å²) in [6.07, 6.45) is 2.46. The van der Waals surface area contributed by atoms with Crippen LogP contribution in [0.1, 0.15) is 34.7 Å². The molecule has 160 valence electrons. The normalized spacial score (nSPS) is 15.8. The molecule has 0 spiro atoms. The molecule has 0 amide bonds. The molecule has 3 rings (SSSR count). The zero-order valence-corrected chi connectivity index (χ0v) is 21.2. The first-order valence-electron chi connectivity index (χ1n) is 10.1. The van der Waals surface area contributed by atoms with Gasteiger partial charge in [0.2, 0.25) is 0 Å². The van der Waals surface area contributed by atoms with Gasteiger partial charge in [0.15, 0.2) is 5.96 Å². The van der Waals surface area contributed by atoms with E-state index in [1.165, 1.54) is 29.7 Å². The molecular formula is C22H34IN5S. The van der Waals surface area contributed by atoms with Crippen molar-refractivity contribution in [3.8, 4) is 0 Å². The number of guanidine groups is 1. The number of aryl methyl sites for hydroxylation is 2. The number of aliphatic imine (C=N–C) groups is 1. The predicted octanol–water partition coefficient (Wildman–Crippen LogP) is 4.30. The average molecular weight is 528 g/mol. The number of hydrogen-bond donors (Lipinski definition) is 1. The van der Waals surface area contributed by atoms with Crippen molar-refractivity contribution in [2.24, 2.45) is 10.9 Å². The third-order valence-corrected chi connectivity index (χ3v) is 6.37. The van der Waals surface area contributed by atoms with Crippen LogP contribution in [0.25, 0.3) is 0 Å². The fraction of sp³-hybridized carbons (Fsp3) is 0.545. The summed E-state index contributed by atoms with van der Waals surface area (Å²) < 4.78 is 0. The van der Waals surface area contributed by atoms with E-state index in [1.807, 2.05) is 7.05 Å². The Balaban J connectivity index is 0.00000300. The van der Waals surface area contributed by atoms with E-state index in [0.717, 1.165) is 43.7 Å². The van der Waals surface area contributed by atoms with Gasteiger partial charge >= 0.3 is 0 Å². The molecule has 5 nitrogen and oxygen atoms in total. The van der Waals surface area contributed by atoms with Gasteiger partial charge in [-0.25, -0.2) is 4.98 Å². The molecular weight excluding hydrogens is 493 g/mol. The van der Waals surface area contributed by atoms with Gasteiger partial charge in [-0.2, -0.15) is 0 Å². The van der Waals surface area contributed by atoms with Gasteiger partial charge in [-0.1, -0.05) is 24.3 Å². The fourth-order valence-electron chi connectivity index (χ4n) is 3.80. The number of piperidine rings is 1. The van der Waals surface area contributed by atoms with Crippen molar-refractivity contribution < 1.29 is 0 Å². The van der Waals surface area contributed by atoms with Crippen LogP contribution in [0.15, 0.2) is 34.6 Å². The first kappa shape index (κ1) is 24.1. The monoisotopic (exact) mass is 527 g/mol. The number of nitrogens with one attached hydrogen (secondary N) is 1. The largest absolute Gasteiger partial charge is 0.356 e. The number of halogens is 1. The lowest BCUT2D eigenvalue weighted by atomic mass is 9.97. The van der Waals surface area contributed by atoms with E-state index in [2.05, 4.69) is 75.6 Å². The maximum Gasteiger partial charge on any atom is 0.193 e. The maximum absolute atomic E-state index is 4.60. The van der Waals surface area contributed by atoms with Gasteiger partial charge in [-0.05, 0) is 56.8 Å². The highest BCUT2D eigenvalue weighted by molar-refractivity contribution is 14.0. The smallest absolute Gasteiger partial charge is 0.193 e. The molecule has 0 bridgehead atoms. The Morgan fingerprint density at radius 2 is 2.00 bits per heavy atom. The van der Waals surface area contributed by atoms with Crippen molar-refractivity contribution in [3.63, 3.8) is 0 Å². The summed E-state index contributed by atoms with van der Waals surface area (Å²) in [4.78, 5) is 13.8. The molecule has 29 heavy (non-hydrogen) atoms. The van der Waals surface area contributed by atoms with Gasteiger partial charge in [-0.15, -0.1) is 35.3 Å². The molecule has 1 aliphatic rings. The molecule has 2 heterocycles. The van der Waals surface area contributed by atoms with Crippen LogP contribution in [0.3, 0.4) is 0 Å². The van der Waals surface area contributed by atoms with E-state index in [-0.39, 0.29) is 24.0 Å². The zero-order chi connectivity index (χ0) is 19.9. The summed E-state index contributed by atoms with van der Waals surface area (Å²) in [5.41, 5.74) is 3.89. The Labute approximate surface area is 196 Å². The molecule has 0 radical (unpaired) electrons. The van der Waals surface area contributed by atoms with Crippen molar-refractivity contribution in [1.82, 2.24) is 20.1 Å². The first-order chi connectivity index (χ1) is 13.5. The van der Waals surface area contributed by atoms with Crippen LogP contribution in [0.5, 0.6) is 0 Å². The molecule has 1 aromatic carbocycles. The number of aromatic nitrogens is 1. The van der Waals surface area contributed by atoms with Crippen molar-refractivity contribution >= 4 is 41.3 Å². The Kier molecular flexibility index (Phi) is 9.85. The highest BCUT2D eigenvalue weighted by atomic mass is 127. The number of likely N-dealkylation sites (tertiary alicyclic amines) is 1. The average Bonchev–Trinajstić information content (AvgIpc) is 3.10. The second-order valence-electron chi connectivity index (χ2n) is 7.79. The number of nitrogens with zero attached hydrogens (tertiary/aromatic N) is 4. The molecule has 1 saturated heterocycles. The molecule has 0 aliphatic carbocycles. The third-order valence-electron chi connectivity index (χ3n) is 5.55. The summed E-state index contributed by atoms with van der Waals surface area (Å²) in [5, 5.41) is 6.95. The second kappa shape index (κ2) is 11.9. The minimum absolute atomic E-state index is 0. The van der Waals surface area contributed by atoms with Gasteiger partial charge in [0, 0.05) is 39.1 Å². The quantitative estimate of drug-likeness (QED) is 0.346. The van der Waals surface area contributed by atoms with Crippen LogP contribution in [0.4, 0.5) is 0 Å². The standard InChI is InChI=1S/C22H33N5S.HI/c1-17-7-5-6-8-20(17)14-26(4)22(23-3)24-13-19-9-11-27(12-10-19)15-21-16-28-18(2)25-21;/h5-8,16,19H,9-15H2,1-4H3,(H,23,24);1H. The molecule has 0 unspecified atom stereocenters. The number of rotatable bonds is 6. The minimum Gasteiger partial charge on any atom is -0.356 e. The fourth-order valence-corrected chi connectivity index (χ4v) is 4.40. The Morgan fingerprint density at radius 3 is 2.62 bits per heavy atom.